The maximum Gasteiger partial charge on any atom is 0.255 e. The number of nitrogens with one attached hydrogen (secondary N) is 1. The second kappa shape index (κ2) is 7.45. The number of ether oxygens (including phenoxy) is 1. The standard InChI is InChI=1S/C19H25N3O4/c1-3-4-16(11(2)20)26-13-5-6-14-12(9-13)10-22(19(14)25)15-7-8-17(23)21-18(15)24/h5-6,9,11,15-16H,3-4,7-8,10,20H2,1-2H3,(H,21,23,24). The molecule has 140 valence electrons. The highest BCUT2D eigenvalue weighted by atomic mass is 16.5. The number of piperidine rings is 1. The van der Waals surface area contributed by atoms with E-state index in [1.165, 1.54) is 4.90 Å². The number of imide groups is 1. The van der Waals surface area contributed by atoms with Gasteiger partial charge in [0.05, 0.1) is 0 Å². The molecule has 1 fully saturated rings. The van der Waals surface area contributed by atoms with Crippen molar-refractivity contribution in [3.63, 3.8) is 0 Å². The maximum absolute atomic E-state index is 12.7. The van der Waals surface area contributed by atoms with E-state index in [0.717, 1.165) is 18.4 Å². The molecule has 2 aliphatic heterocycles. The lowest BCUT2D eigenvalue weighted by atomic mass is 10.0. The van der Waals surface area contributed by atoms with E-state index in [1.807, 2.05) is 13.0 Å². The second-order valence-electron chi connectivity index (χ2n) is 7.02. The highest BCUT2D eigenvalue weighted by Gasteiger charge is 2.39. The summed E-state index contributed by atoms with van der Waals surface area (Å²) in [6.07, 6.45) is 2.35. The third-order valence-corrected chi connectivity index (χ3v) is 4.94. The van der Waals surface area contributed by atoms with Crippen LogP contribution in [0.15, 0.2) is 18.2 Å². The van der Waals surface area contributed by atoms with Crippen molar-refractivity contribution in [2.24, 2.45) is 5.73 Å². The summed E-state index contributed by atoms with van der Waals surface area (Å²) in [6.45, 7) is 4.34. The first-order valence-electron chi connectivity index (χ1n) is 9.10. The summed E-state index contributed by atoms with van der Waals surface area (Å²) in [4.78, 5) is 37.6. The predicted octanol–water partition coefficient (Wildman–Crippen LogP) is 1.34. The molecule has 3 N–H and O–H groups in total. The number of hydrogen-bond donors (Lipinski definition) is 2. The summed E-state index contributed by atoms with van der Waals surface area (Å²) in [6, 6.07) is 4.67. The number of nitrogens with zero attached hydrogens (tertiary/aromatic N) is 1. The van der Waals surface area contributed by atoms with E-state index in [-0.39, 0.29) is 30.4 Å². The third-order valence-electron chi connectivity index (χ3n) is 4.94. The van der Waals surface area contributed by atoms with Crippen molar-refractivity contribution >= 4 is 17.7 Å². The predicted molar refractivity (Wildman–Crippen MR) is 95.5 cm³/mol. The van der Waals surface area contributed by atoms with E-state index in [1.54, 1.807) is 12.1 Å². The number of hydrogen-bond acceptors (Lipinski definition) is 5. The Morgan fingerprint density at radius 1 is 1.35 bits per heavy atom. The van der Waals surface area contributed by atoms with Crippen LogP contribution in [0.3, 0.4) is 0 Å². The van der Waals surface area contributed by atoms with Gasteiger partial charge in [-0.05, 0) is 43.5 Å². The first-order chi connectivity index (χ1) is 12.4. The van der Waals surface area contributed by atoms with E-state index in [4.69, 9.17) is 10.5 Å². The first kappa shape index (κ1) is 18.4. The maximum atomic E-state index is 12.7. The van der Waals surface area contributed by atoms with Crippen molar-refractivity contribution in [2.45, 2.75) is 64.3 Å². The number of nitrogens with two attached hydrogens (primary N) is 1. The lowest BCUT2D eigenvalue weighted by molar-refractivity contribution is -0.136. The van der Waals surface area contributed by atoms with Crippen LogP contribution in [0.25, 0.3) is 0 Å². The first-order valence-corrected chi connectivity index (χ1v) is 9.10. The molecule has 0 radical (unpaired) electrons. The lowest BCUT2D eigenvalue weighted by Gasteiger charge is -2.29. The summed E-state index contributed by atoms with van der Waals surface area (Å²) in [7, 11) is 0. The van der Waals surface area contributed by atoms with Gasteiger partial charge in [0.2, 0.25) is 11.8 Å². The highest BCUT2D eigenvalue weighted by Crippen LogP contribution is 2.30. The summed E-state index contributed by atoms with van der Waals surface area (Å²) in [5.74, 6) is -0.196. The van der Waals surface area contributed by atoms with Gasteiger partial charge < -0.3 is 15.4 Å². The van der Waals surface area contributed by atoms with Crippen molar-refractivity contribution in [3.05, 3.63) is 29.3 Å². The van der Waals surface area contributed by atoms with Gasteiger partial charge in [0.25, 0.3) is 5.91 Å². The zero-order valence-corrected chi connectivity index (χ0v) is 15.2. The van der Waals surface area contributed by atoms with Gasteiger partial charge in [-0.25, -0.2) is 0 Å². The molecule has 0 saturated carbocycles. The van der Waals surface area contributed by atoms with Crippen molar-refractivity contribution in [1.82, 2.24) is 10.2 Å². The molecule has 7 heteroatoms. The molecule has 3 amide bonds. The number of rotatable bonds is 6. The smallest absolute Gasteiger partial charge is 0.255 e. The van der Waals surface area contributed by atoms with Crippen molar-refractivity contribution in [1.29, 1.82) is 0 Å². The molecule has 3 rings (SSSR count). The minimum Gasteiger partial charge on any atom is -0.489 e. The number of fused-ring (bicyclic) bond motifs is 1. The zero-order chi connectivity index (χ0) is 18.8. The average molecular weight is 359 g/mol. The lowest BCUT2D eigenvalue weighted by Crippen LogP contribution is -2.52. The molecule has 3 atom stereocenters. The van der Waals surface area contributed by atoms with Crippen LogP contribution in [0.2, 0.25) is 0 Å². The average Bonchev–Trinajstić information content (AvgIpc) is 2.90. The quantitative estimate of drug-likeness (QED) is 0.747. The molecular formula is C19H25N3O4. The molecule has 7 nitrogen and oxygen atoms in total. The van der Waals surface area contributed by atoms with Crippen molar-refractivity contribution in [3.8, 4) is 5.75 Å². The Hall–Kier alpha value is -2.41. The molecular weight excluding hydrogens is 334 g/mol. The van der Waals surface area contributed by atoms with Gasteiger partial charge in [0.15, 0.2) is 0 Å². The minimum absolute atomic E-state index is 0.0820. The molecule has 0 bridgehead atoms. The van der Waals surface area contributed by atoms with E-state index in [0.29, 0.717) is 24.3 Å². The van der Waals surface area contributed by atoms with Crippen LogP contribution in [0.1, 0.15) is 55.5 Å². The van der Waals surface area contributed by atoms with E-state index in [9.17, 15) is 14.4 Å². The van der Waals surface area contributed by atoms with Gasteiger partial charge in [-0.3, -0.25) is 19.7 Å². The molecule has 0 spiro atoms. The Bertz CT molecular complexity index is 731. The number of carbonyl (C=O) groups is 3. The third kappa shape index (κ3) is 3.58. The molecule has 2 aliphatic rings. The normalized spacial score (nSPS) is 22.0. The fourth-order valence-corrected chi connectivity index (χ4v) is 3.51. The van der Waals surface area contributed by atoms with Crippen LogP contribution >= 0.6 is 0 Å². The number of carbonyl (C=O) groups excluding carboxylic acids is 3. The summed E-state index contributed by atoms with van der Waals surface area (Å²) < 4.78 is 6.01. The second-order valence-corrected chi connectivity index (χ2v) is 7.02. The molecule has 0 aromatic heterocycles. The van der Waals surface area contributed by atoms with Crippen molar-refractivity contribution in [2.75, 3.05) is 0 Å². The molecule has 1 aromatic rings. The highest BCUT2D eigenvalue weighted by molar-refractivity contribution is 6.05. The largest absolute Gasteiger partial charge is 0.489 e. The molecule has 1 saturated heterocycles. The van der Waals surface area contributed by atoms with Gasteiger partial charge in [-0.15, -0.1) is 0 Å². The molecule has 2 heterocycles. The van der Waals surface area contributed by atoms with Gasteiger partial charge in [0.1, 0.15) is 17.9 Å². The molecule has 26 heavy (non-hydrogen) atoms. The monoisotopic (exact) mass is 359 g/mol. The Labute approximate surface area is 152 Å². The summed E-state index contributed by atoms with van der Waals surface area (Å²) in [5.41, 5.74) is 7.40. The van der Waals surface area contributed by atoms with E-state index < -0.39 is 11.9 Å². The summed E-state index contributed by atoms with van der Waals surface area (Å²) >= 11 is 0. The van der Waals surface area contributed by atoms with Crippen LogP contribution in [0.4, 0.5) is 0 Å². The van der Waals surface area contributed by atoms with Gasteiger partial charge in [0, 0.05) is 24.6 Å². The SMILES string of the molecule is CCCC(Oc1ccc2c(c1)CN(C1CCC(=O)NC1=O)C2=O)C(C)N. The van der Waals surface area contributed by atoms with E-state index in [2.05, 4.69) is 12.2 Å². The zero-order valence-electron chi connectivity index (χ0n) is 15.2. The number of amides is 3. The Kier molecular flexibility index (Phi) is 5.27. The van der Waals surface area contributed by atoms with Crippen LogP contribution in [-0.2, 0) is 16.1 Å². The van der Waals surface area contributed by atoms with Gasteiger partial charge in [-0.2, -0.15) is 0 Å². The van der Waals surface area contributed by atoms with Crippen molar-refractivity contribution < 1.29 is 19.1 Å². The van der Waals surface area contributed by atoms with E-state index >= 15 is 0 Å². The Balaban J connectivity index is 1.76. The van der Waals surface area contributed by atoms with Gasteiger partial charge in [-0.1, -0.05) is 13.3 Å². The van der Waals surface area contributed by atoms with Crippen LogP contribution in [0.5, 0.6) is 5.75 Å². The number of benzene rings is 1. The minimum atomic E-state index is -0.603. The van der Waals surface area contributed by atoms with Crippen LogP contribution in [-0.4, -0.2) is 40.8 Å². The molecule has 1 aromatic carbocycles. The van der Waals surface area contributed by atoms with Gasteiger partial charge >= 0.3 is 0 Å². The summed E-state index contributed by atoms with van der Waals surface area (Å²) in [5, 5.41) is 2.31. The Morgan fingerprint density at radius 3 is 2.77 bits per heavy atom. The van der Waals surface area contributed by atoms with Crippen LogP contribution < -0.4 is 15.8 Å². The fraction of sp³-hybridized carbons (Fsp3) is 0.526. The Morgan fingerprint density at radius 2 is 2.12 bits per heavy atom. The van der Waals surface area contributed by atoms with Crippen LogP contribution in [0, 0.1) is 0 Å². The molecule has 0 aliphatic carbocycles. The molecule has 3 unspecified atom stereocenters. The topological polar surface area (TPSA) is 102 Å². The fourth-order valence-electron chi connectivity index (χ4n) is 3.51.